The number of hydrogen-bond donors (Lipinski definition) is 1. The molecule has 0 aliphatic heterocycles. The van der Waals surface area contributed by atoms with Crippen molar-refractivity contribution >= 4 is 28.4 Å². The topological polar surface area (TPSA) is 63.6 Å². The Morgan fingerprint density at radius 3 is 2.57 bits per heavy atom. The van der Waals surface area contributed by atoms with E-state index in [1.165, 1.54) is 6.33 Å². The van der Waals surface area contributed by atoms with Crippen LogP contribution in [0.2, 0.25) is 0 Å². The largest absolute Gasteiger partial charge is 0.369 e. The van der Waals surface area contributed by atoms with Crippen LogP contribution < -0.4 is 5.32 Å². The maximum atomic E-state index is 4.73. The van der Waals surface area contributed by atoms with E-state index in [1.54, 1.807) is 6.20 Å². The van der Waals surface area contributed by atoms with E-state index in [0.29, 0.717) is 5.82 Å². The van der Waals surface area contributed by atoms with Gasteiger partial charge in [-0.2, -0.15) is 0 Å². The summed E-state index contributed by atoms with van der Waals surface area (Å²) in [7, 11) is 0. The van der Waals surface area contributed by atoms with Crippen LogP contribution in [0, 0.1) is 3.57 Å². The lowest BCUT2D eigenvalue weighted by atomic mass is 9.92. The van der Waals surface area contributed by atoms with Crippen molar-refractivity contribution in [3.63, 3.8) is 0 Å². The molecule has 21 heavy (non-hydrogen) atoms. The van der Waals surface area contributed by atoms with E-state index >= 15 is 0 Å². The zero-order valence-electron chi connectivity index (χ0n) is 12.8. The molecule has 2 rings (SSSR count). The summed E-state index contributed by atoms with van der Waals surface area (Å²) in [5.41, 5.74) is 1.72. The van der Waals surface area contributed by atoms with Gasteiger partial charge in [0.2, 0.25) is 0 Å². The van der Waals surface area contributed by atoms with Crippen LogP contribution in [-0.4, -0.2) is 26.5 Å². The molecule has 1 N–H and O–H groups in total. The average molecular weight is 397 g/mol. The van der Waals surface area contributed by atoms with Gasteiger partial charge < -0.3 is 5.32 Å². The van der Waals surface area contributed by atoms with Crippen molar-refractivity contribution in [2.75, 3.05) is 11.9 Å². The van der Waals surface area contributed by atoms with E-state index in [-0.39, 0.29) is 5.41 Å². The summed E-state index contributed by atoms with van der Waals surface area (Å²) >= 11 is 2.32. The molecule has 5 nitrogen and oxygen atoms in total. The van der Waals surface area contributed by atoms with Crippen molar-refractivity contribution in [1.29, 1.82) is 0 Å². The molecule has 0 amide bonds. The number of anilines is 1. The lowest BCUT2D eigenvalue weighted by Crippen LogP contribution is -2.19. The van der Waals surface area contributed by atoms with Crippen LogP contribution in [0.5, 0.6) is 0 Å². The predicted octanol–water partition coefficient (Wildman–Crippen LogP) is 3.66. The van der Waals surface area contributed by atoms with Gasteiger partial charge in [0.25, 0.3) is 0 Å². The first-order valence-electron chi connectivity index (χ1n) is 7.01. The summed E-state index contributed by atoms with van der Waals surface area (Å²) in [5, 5.41) is 3.38. The van der Waals surface area contributed by atoms with Gasteiger partial charge in [0, 0.05) is 18.2 Å². The van der Waals surface area contributed by atoms with Crippen LogP contribution in [0.3, 0.4) is 0 Å². The molecule has 2 aromatic heterocycles. The fourth-order valence-electron chi connectivity index (χ4n) is 1.84. The SMILES string of the molecule is CCCNc1nc(-c2ccncn2)nc(C(C)(C)C)c1I. The minimum absolute atomic E-state index is 0.0517. The number of aromatic nitrogens is 4. The second-order valence-electron chi connectivity index (χ2n) is 5.83. The van der Waals surface area contributed by atoms with E-state index in [9.17, 15) is 0 Å². The lowest BCUT2D eigenvalue weighted by Gasteiger charge is -2.22. The fraction of sp³-hybridized carbons (Fsp3) is 0.467. The lowest BCUT2D eigenvalue weighted by molar-refractivity contribution is 0.564. The molecule has 0 fully saturated rings. The summed E-state index contributed by atoms with van der Waals surface area (Å²) in [6.07, 6.45) is 4.28. The Bertz CT molecular complexity index is 607. The Balaban J connectivity index is 2.56. The molecule has 0 aliphatic rings. The molecule has 0 bridgehead atoms. The zero-order valence-corrected chi connectivity index (χ0v) is 15.0. The molecule has 2 heterocycles. The number of rotatable bonds is 4. The molecule has 0 aliphatic carbocycles. The molecule has 0 spiro atoms. The van der Waals surface area contributed by atoms with Crippen molar-refractivity contribution < 1.29 is 0 Å². The fourth-order valence-corrected chi connectivity index (χ4v) is 3.08. The maximum absolute atomic E-state index is 4.73. The maximum Gasteiger partial charge on any atom is 0.180 e. The summed E-state index contributed by atoms with van der Waals surface area (Å²) in [4.78, 5) is 17.6. The highest BCUT2D eigenvalue weighted by Crippen LogP contribution is 2.31. The van der Waals surface area contributed by atoms with Crippen molar-refractivity contribution in [1.82, 2.24) is 19.9 Å². The zero-order chi connectivity index (χ0) is 15.5. The Kier molecular flexibility index (Phi) is 5.08. The first-order chi connectivity index (χ1) is 9.93. The van der Waals surface area contributed by atoms with Crippen molar-refractivity contribution in [3.8, 4) is 11.5 Å². The standard InChI is InChI=1S/C15H20IN5/c1-5-7-18-14-11(16)12(15(2,3)4)20-13(21-14)10-6-8-17-9-19-10/h6,8-9H,5,7H2,1-4H3,(H,18,20,21). The first kappa shape index (κ1) is 16.1. The minimum atomic E-state index is -0.0517. The number of nitrogens with one attached hydrogen (secondary N) is 1. The van der Waals surface area contributed by atoms with Crippen LogP contribution >= 0.6 is 22.6 Å². The Morgan fingerprint density at radius 1 is 1.24 bits per heavy atom. The van der Waals surface area contributed by atoms with Crippen LogP contribution in [0.15, 0.2) is 18.6 Å². The van der Waals surface area contributed by atoms with Gasteiger partial charge in [-0.1, -0.05) is 27.7 Å². The number of hydrogen-bond acceptors (Lipinski definition) is 5. The smallest absolute Gasteiger partial charge is 0.180 e. The van der Waals surface area contributed by atoms with E-state index in [2.05, 4.69) is 70.6 Å². The highest BCUT2D eigenvalue weighted by molar-refractivity contribution is 14.1. The van der Waals surface area contributed by atoms with Gasteiger partial charge in [-0.15, -0.1) is 0 Å². The highest BCUT2D eigenvalue weighted by atomic mass is 127. The van der Waals surface area contributed by atoms with Crippen LogP contribution in [-0.2, 0) is 5.41 Å². The summed E-state index contributed by atoms with van der Waals surface area (Å²) in [5.74, 6) is 1.52. The van der Waals surface area contributed by atoms with E-state index < -0.39 is 0 Å². The second kappa shape index (κ2) is 6.64. The molecule has 0 saturated heterocycles. The van der Waals surface area contributed by atoms with Gasteiger partial charge in [-0.25, -0.2) is 19.9 Å². The Hall–Kier alpha value is -1.31. The van der Waals surface area contributed by atoms with Crippen molar-refractivity contribution in [2.45, 2.75) is 39.5 Å². The average Bonchev–Trinajstić information content (AvgIpc) is 2.46. The molecule has 0 saturated carbocycles. The normalized spacial score (nSPS) is 11.5. The highest BCUT2D eigenvalue weighted by Gasteiger charge is 2.23. The molecule has 2 aromatic rings. The molecule has 0 aromatic carbocycles. The number of halogens is 1. The van der Waals surface area contributed by atoms with Crippen molar-refractivity contribution in [2.24, 2.45) is 0 Å². The van der Waals surface area contributed by atoms with Gasteiger partial charge in [0.05, 0.1) is 9.26 Å². The van der Waals surface area contributed by atoms with E-state index in [4.69, 9.17) is 4.98 Å². The molecular weight excluding hydrogens is 377 g/mol. The third-order valence-corrected chi connectivity index (χ3v) is 3.94. The predicted molar refractivity (Wildman–Crippen MR) is 93.3 cm³/mol. The summed E-state index contributed by atoms with van der Waals surface area (Å²) in [6.45, 7) is 9.50. The molecule has 6 heteroatoms. The van der Waals surface area contributed by atoms with Gasteiger partial charge in [0.15, 0.2) is 5.82 Å². The summed E-state index contributed by atoms with van der Waals surface area (Å²) in [6, 6.07) is 1.83. The van der Waals surface area contributed by atoms with E-state index in [1.807, 2.05) is 6.07 Å². The van der Waals surface area contributed by atoms with Crippen LogP contribution in [0.25, 0.3) is 11.5 Å². The quantitative estimate of drug-likeness (QED) is 0.798. The molecule has 0 unspecified atom stereocenters. The van der Waals surface area contributed by atoms with Crippen molar-refractivity contribution in [3.05, 3.63) is 27.9 Å². The van der Waals surface area contributed by atoms with Crippen LogP contribution in [0.1, 0.15) is 39.8 Å². The molecule has 0 atom stereocenters. The Labute approximate surface area is 139 Å². The van der Waals surface area contributed by atoms with Gasteiger partial charge in [0.1, 0.15) is 17.8 Å². The third-order valence-electron chi connectivity index (χ3n) is 2.92. The number of nitrogens with zero attached hydrogens (tertiary/aromatic N) is 4. The van der Waals surface area contributed by atoms with Gasteiger partial charge >= 0.3 is 0 Å². The monoisotopic (exact) mass is 397 g/mol. The third kappa shape index (κ3) is 3.87. The second-order valence-corrected chi connectivity index (χ2v) is 6.91. The first-order valence-corrected chi connectivity index (χ1v) is 8.09. The molecular formula is C15H20IN5. The van der Waals surface area contributed by atoms with Gasteiger partial charge in [-0.3, -0.25) is 0 Å². The Morgan fingerprint density at radius 2 is 2.00 bits per heavy atom. The van der Waals surface area contributed by atoms with Gasteiger partial charge in [-0.05, 0) is 35.1 Å². The molecule has 112 valence electrons. The van der Waals surface area contributed by atoms with Crippen LogP contribution in [0.4, 0.5) is 5.82 Å². The molecule has 0 radical (unpaired) electrons. The summed E-state index contributed by atoms with van der Waals surface area (Å²) < 4.78 is 1.08. The minimum Gasteiger partial charge on any atom is -0.369 e. The van der Waals surface area contributed by atoms with E-state index in [0.717, 1.165) is 33.7 Å².